The van der Waals surface area contributed by atoms with E-state index in [1.54, 1.807) is 0 Å². The van der Waals surface area contributed by atoms with Gasteiger partial charge in [-0.3, -0.25) is 9.71 Å². The van der Waals surface area contributed by atoms with E-state index in [-0.39, 0.29) is 21.2 Å². The lowest BCUT2D eigenvalue weighted by molar-refractivity contribution is 0.0697. The third kappa shape index (κ3) is 2.71. The molecule has 2 N–H and O–H groups in total. The molecule has 2 aromatic rings. The van der Waals surface area contributed by atoms with E-state index in [2.05, 4.69) is 14.1 Å². The van der Waals surface area contributed by atoms with Crippen molar-refractivity contribution in [3.63, 3.8) is 0 Å². The molecule has 2 rings (SSSR count). The Morgan fingerprint density at radius 3 is 2.79 bits per heavy atom. The summed E-state index contributed by atoms with van der Waals surface area (Å²) in [5, 5.41) is 9.00. The van der Waals surface area contributed by atoms with Gasteiger partial charge in [0.15, 0.2) is 0 Å². The monoisotopic (exact) mass is 299 g/mol. The fourth-order valence-electron chi connectivity index (χ4n) is 1.38. The van der Waals surface area contributed by atoms with Crippen molar-refractivity contribution in [3.05, 3.63) is 35.8 Å². The first-order valence-corrected chi connectivity index (χ1v) is 7.30. The maximum Gasteiger partial charge on any atom is 0.340 e. The first-order valence-electron chi connectivity index (χ1n) is 5.04. The summed E-state index contributed by atoms with van der Waals surface area (Å²) in [4.78, 5) is 14.7. The van der Waals surface area contributed by atoms with Gasteiger partial charge in [0.25, 0.3) is 10.0 Å². The second-order valence-electron chi connectivity index (χ2n) is 3.57. The second kappa shape index (κ2) is 4.94. The highest BCUT2D eigenvalue weighted by atomic mass is 32.2. The van der Waals surface area contributed by atoms with E-state index in [0.717, 1.165) is 11.5 Å². The number of hydrogen-bond donors (Lipinski definition) is 2. The molecule has 0 amide bonds. The molecular weight excluding hydrogens is 290 g/mol. The maximum absolute atomic E-state index is 12.0. The quantitative estimate of drug-likeness (QED) is 0.881. The first-order chi connectivity index (χ1) is 8.92. The van der Waals surface area contributed by atoms with Crippen LogP contribution in [-0.4, -0.2) is 28.9 Å². The van der Waals surface area contributed by atoms with Gasteiger partial charge in [0.2, 0.25) is 0 Å². The zero-order valence-corrected chi connectivity index (χ0v) is 11.3. The number of sulfonamides is 1. The van der Waals surface area contributed by atoms with Crippen molar-refractivity contribution in [2.75, 3.05) is 4.72 Å². The number of anilines is 1. The van der Waals surface area contributed by atoms with Crippen LogP contribution in [0.3, 0.4) is 0 Å². The van der Waals surface area contributed by atoms with Crippen molar-refractivity contribution < 1.29 is 18.3 Å². The zero-order valence-electron chi connectivity index (χ0n) is 9.69. The standard InChI is InChI=1S/C10H9N3O4S2/c1-6-8(10(14)15)9(18-12-6)13-19(16,17)7-3-2-4-11-5-7/h2-5,13H,1H3,(H,14,15). The van der Waals surface area contributed by atoms with Crippen LogP contribution in [0.4, 0.5) is 5.00 Å². The van der Waals surface area contributed by atoms with E-state index in [0.29, 0.717) is 0 Å². The first kappa shape index (κ1) is 13.4. The minimum absolute atomic E-state index is 0.0196. The third-order valence-corrected chi connectivity index (χ3v) is 4.57. The fourth-order valence-corrected chi connectivity index (χ4v) is 3.42. The Morgan fingerprint density at radius 1 is 1.47 bits per heavy atom. The molecule has 2 aromatic heterocycles. The fraction of sp³-hybridized carbons (Fsp3) is 0.100. The van der Waals surface area contributed by atoms with Crippen LogP contribution in [0, 0.1) is 6.92 Å². The molecular formula is C10H9N3O4S2. The molecule has 0 unspecified atom stereocenters. The van der Waals surface area contributed by atoms with Crippen LogP contribution in [0.2, 0.25) is 0 Å². The number of carbonyl (C=O) groups is 1. The third-order valence-electron chi connectivity index (χ3n) is 2.25. The van der Waals surface area contributed by atoms with Crippen molar-refractivity contribution in [2.45, 2.75) is 11.8 Å². The Balaban J connectivity index is 2.40. The van der Waals surface area contributed by atoms with Gasteiger partial charge in [-0.05, 0) is 30.6 Å². The minimum Gasteiger partial charge on any atom is -0.478 e. The maximum atomic E-state index is 12.0. The second-order valence-corrected chi connectivity index (χ2v) is 6.03. The summed E-state index contributed by atoms with van der Waals surface area (Å²) in [6, 6.07) is 2.84. The van der Waals surface area contributed by atoms with E-state index in [1.165, 1.54) is 31.5 Å². The van der Waals surface area contributed by atoms with Crippen molar-refractivity contribution in [2.24, 2.45) is 0 Å². The lowest BCUT2D eigenvalue weighted by Gasteiger charge is -2.06. The molecule has 7 nitrogen and oxygen atoms in total. The highest BCUT2D eigenvalue weighted by molar-refractivity contribution is 7.93. The van der Waals surface area contributed by atoms with Gasteiger partial charge in [-0.15, -0.1) is 0 Å². The molecule has 2 heterocycles. The highest BCUT2D eigenvalue weighted by Gasteiger charge is 2.22. The summed E-state index contributed by atoms with van der Waals surface area (Å²) < 4.78 is 30.1. The normalized spacial score (nSPS) is 11.2. The Morgan fingerprint density at radius 2 is 2.21 bits per heavy atom. The predicted octanol–water partition coefficient (Wildman–Crippen LogP) is 1.35. The summed E-state index contributed by atoms with van der Waals surface area (Å²) in [7, 11) is -3.86. The molecule has 9 heteroatoms. The number of rotatable bonds is 4. The zero-order chi connectivity index (χ0) is 14.0. The molecule has 0 aromatic carbocycles. The summed E-state index contributed by atoms with van der Waals surface area (Å²) in [5.74, 6) is -1.23. The Hall–Kier alpha value is -2.00. The van der Waals surface area contributed by atoms with Crippen molar-refractivity contribution in [3.8, 4) is 0 Å². The highest BCUT2D eigenvalue weighted by Crippen LogP contribution is 2.26. The van der Waals surface area contributed by atoms with Crippen LogP contribution >= 0.6 is 11.5 Å². The van der Waals surface area contributed by atoms with Crippen LogP contribution in [0.1, 0.15) is 16.1 Å². The summed E-state index contributed by atoms with van der Waals surface area (Å²) in [6.45, 7) is 1.50. The van der Waals surface area contributed by atoms with Gasteiger partial charge in [0.05, 0.1) is 5.69 Å². The molecule has 0 aliphatic rings. The van der Waals surface area contributed by atoms with Crippen molar-refractivity contribution >= 4 is 32.5 Å². The number of nitrogens with one attached hydrogen (secondary N) is 1. The van der Waals surface area contributed by atoms with E-state index < -0.39 is 16.0 Å². The SMILES string of the molecule is Cc1nsc(NS(=O)(=O)c2cccnc2)c1C(=O)O. The number of carboxylic acids is 1. The Labute approximate surface area is 113 Å². The lowest BCUT2D eigenvalue weighted by atomic mass is 10.2. The number of pyridine rings is 1. The van der Waals surface area contributed by atoms with Crippen LogP contribution in [0.25, 0.3) is 0 Å². The average molecular weight is 299 g/mol. The number of nitrogens with zero attached hydrogens (tertiary/aromatic N) is 2. The van der Waals surface area contributed by atoms with Gasteiger partial charge in [-0.1, -0.05) is 0 Å². The summed E-state index contributed by atoms with van der Waals surface area (Å²) in [5.41, 5.74) is 0.124. The van der Waals surface area contributed by atoms with Crippen LogP contribution in [0.15, 0.2) is 29.4 Å². The van der Waals surface area contributed by atoms with E-state index >= 15 is 0 Å². The number of aromatic nitrogens is 2. The molecule has 100 valence electrons. The van der Waals surface area contributed by atoms with E-state index in [9.17, 15) is 13.2 Å². The van der Waals surface area contributed by atoms with Gasteiger partial charge in [0, 0.05) is 12.4 Å². The van der Waals surface area contributed by atoms with Gasteiger partial charge in [-0.25, -0.2) is 13.2 Å². The number of carboxylic acid groups (broad SMARTS) is 1. The van der Waals surface area contributed by atoms with Gasteiger partial charge < -0.3 is 5.11 Å². The molecule has 0 aliphatic carbocycles. The van der Waals surface area contributed by atoms with E-state index in [4.69, 9.17) is 5.11 Å². The smallest absolute Gasteiger partial charge is 0.340 e. The van der Waals surface area contributed by atoms with Crippen LogP contribution < -0.4 is 4.72 Å². The molecule has 0 radical (unpaired) electrons. The summed E-state index contributed by atoms with van der Waals surface area (Å²) >= 11 is 0.785. The predicted molar refractivity (Wildman–Crippen MR) is 68.9 cm³/mol. The van der Waals surface area contributed by atoms with Gasteiger partial charge >= 0.3 is 5.97 Å². The molecule has 0 atom stereocenters. The number of aryl methyl sites for hydroxylation is 1. The molecule has 0 saturated heterocycles. The Kier molecular flexibility index (Phi) is 3.49. The molecule has 0 aliphatic heterocycles. The minimum atomic E-state index is -3.86. The van der Waals surface area contributed by atoms with Crippen LogP contribution in [-0.2, 0) is 10.0 Å². The molecule has 0 spiro atoms. The van der Waals surface area contributed by atoms with Crippen molar-refractivity contribution in [1.82, 2.24) is 9.36 Å². The largest absolute Gasteiger partial charge is 0.478 e. The van der Waals surface area contributed by atoms with Gasteiger partial charge in [-0.2, -0.15) is 4.37 Å². The Bertz CT molecular complexity index is 710. The number of aromatic carboxylic acids is 1. The molecule has 0 saturated carbocycles. The molecule has 19 heavy (non-hydrogen) atoms. The average Bonchev–Trinajstić information content (AvgIpc) is 2.71. The van der Waals surface area contributed by atoms with Crippen LogP contribution in [0.5, 0.6) is 0 Å². The van der Waals surface area contributed by atoms with E-state index in [1.807, 2.05) is 0 Å². The number of hydrogen-bond acceptors (Lipinski definition) is 6. The molecule has 0 fully saturated rings. The van der Waals surface area contributed by atoms with Crippen molar-refractivity contribution in [1.29, 1.82) is 0 Å². The summed E-state index contributed by atoms with van der Waals surface area (Å²) in [6.07, 6.45) is 2.62. The molecule has 0 bridgehead atoms. The van der Waals surface area contributed by atoms with Gasteiger partial charge in [0.1, 0.15) is 15.5 Å². The topological polar surface area (TPSA) is 109 Å². The lowest BCUT2D eigenvalue weighted by Crippen LogP contribution is -2.14.